The Labute approximate surface area is 421 Å². The van der Waals surface area contributed by atoms with Gasteiger partial charge >= 0.3 is 31.4 Å². The molecule has 7 aromatic heterocycles. The molecule has 7 heterocycles. The Kier molecular flexibility index (Phi) is 12.3. The zero-order valence-electron chi connectivity index (χ0n) is 37.9. The molecule has 0 aliphatic carbocycles. The quantitative estimate of drug-likeness (QED) is 0.0919. The molecule has 10 heteroatoms. The van der Waals surface area contributed by atoms with Crippen LogP contribution < -0.4 is 11.3 Å². The molecule has 0 amide bonds. The Bertz CT molecular complexity index is 3910. The number of rotatable bonds is 11. The van der Waals surface area contributed by atoms with Crippen LogP contribution in [0.3, 0.4) is 0 Å². The molecule has 0 saturated carbocycles. The second kappa shape index (κ2) is 19.4. The summed E-state index contributed by atoms with van der Waals surface area (Å²) < 4.78 is 11.2. The smallest absolute Gasteiger partial charge is 0.485 e. The first-order valence-electron chi connectivity index (χ1n) is 23.0. The summed E-state index contributed by atoms with van der Waals surface area (Å²) in [5, 5.41) is 2.06. The third kappa shape index (κ3) is 8.98. The maximum Gasteiger partial charge on any atom is 3.00 e. The van der Waals surface area contributed by atoms with Gasteiger partial charge in [0.25, 0.3) is 0 Å². The molecule has 0 fully saturated rings. The second-order valence-corrected chi connectivity index (χ2v) is 17.3. The van der Waals surface area contributed by atoms with Crippen LogP contribution in [0.5, 0.6) is 0 Å². The molecule has 0 aliphatic rings. The van der Waals surface area contributed by atoms with E-state index in [-0.39, 0.29) is 20.1 Å². The first-order chi connectivity index (χ1) is 34.5. The van der Waals surface area contributed by atoms with Crippen molar-refractivity contribution in [3.05, 3.63) is 244 Å². The molecule has 0 aliphatic heterocycles. The fourth-order valence-electron chi connectivity index (χ4n) is 9.35. The molecule has 0 saturated heterocycles. The predicted molar refractivity (Wildman–Crippen MR) is 274 cm³/mol. The molecular formula is C61H38IrN5O4. The molecule has 0 spiro atoms. The van der Waals surface area contributed by atoms with Gasteiger partial charge in [-0.1, -0.05) is 115 Å². The number of hydrogen-bond donors (Lipinski definition) is 0. The second-order valence-electron chi connectivity index (χ2n) is 17.3. The molecule has 340 valence electrons. The molecule has 12 rings (SSSR count). The van der Waals surface area contributed by atoms with E-state index in [9.17, 15) is 9.59 Å². The number of pyridine rings is 5. The van der Waals surface area contributed by atoms with Crippen LogP contribution in [0, 0.1) is 18.2 Å². The van der Waals surface area contributed by atoms with Crippen LogP contribution in [0.25, 0.3) is 99.5 Å². The van der Waals surface area contributed by atoms with Crippen LogP contribution in [0.15, 0.2) is 201 Å². The van der Waals surface area contributed by atoms with Crippen LogP contribution in [0.4, 0.5) is 0 Å². The molecule has 0 unspecified atom stereocenters. The maximum absolute atomic E-state index is 13.1. The number of fused-ring (bicyclic) bond motifs is 6. The van der Waals surface area contributed by atoms with Gasteiger partial charge < -0.3 is 23.8 Å². The van der Waals surface area contributed by atoms with Crippen molar-refractivity contribution < 1.29 is 28.9 Å². The number of aryl methyl sites for hydroxylation is 4. The van der Waals surface area contributed by atoms with Crippen molar-refractivity contribution in [3.8, 4) is 55.8 Å². The zero-order valence-corrected chi connectivity index (χ0v) is 40.2. The van der Waals surface area contributed by atoms with Gasteiger partial charge in [0.1, 0.15) is 0 Å². The van der Waals surface area contributed by atoms with E-state index in [0.29, 0.717) is 69.4 Å². The van der Waals surface area contributed by atoms with Gasteiger partial charge in [0.05, 0.1) is 0 Å². The Hall–Kier alpha value is -8.56. The summed E-state index contributed by atoms with van der Waals surface area (Å²) in [7, 11) is 0. The van der Waals surface area contributed by atoms with Crippen molar-refractivity contribution in [2.45, 2.75) is 25.7 Å². The molecule has 9 nitrogen and oxygen atoms in total. The Morgan fingerprint density at radius 3 is 1.58 bits per heavy atom. The van der Waals surface area contributed by atoms with E-state index < -0.39 is 11.3 Å². The molecular weight excluding hydrogens is 1060 g/mol. The van der Waals surface area contributed by atoms with Crippen molar-refractivity contribution >= 4 is 43.7 Å². The largest absolute Gasteiger partial charge is 3.00 e. The van der Waals surface area contributed by atoms with E-state index in [4.69, 9.17) is 23.8 Å². The van der Waals surface area contributed by atoms with Crippen LogP contribution in [0.2, 0.25) is 0 Å². The summed E-state index contributed by atoms with van der Waals surface area (Å²) in [4.78, 5) is 48.9. The van der Waals surface area contributed by atoms with E-state index in [1.165, 1.54) is 12.4 Å². The van der Waals surface area contributed by atoms with Gasteiger partial charge in [-0.15, -0.1) is 46.7 Å². The average Bonchev–Trinajstić information content (AvgIpc) is 3.42. The summed E-state index contributed by atoms with van der Waals surface area (Å²) in [5.74, 6) is 0. The fraction of sp³-hybridized carbons (Fsp3) is 0.0656. The van der Waals surface area contributed by atoms with Gasteiger partial charge in [0.2, 0.25) is 0 Å². The van der Waals surface area contributed by atoms with E-state index in [2.05, 4.69) is 125 Å². The van der Waals surface area contributed by atoms with Gasteiger partial charge in [-0.3, -0.25) is 9.97 Å². The van der Waals surface area contributed by atoms with Gasteiger partial charge in [-0.25, -0.2) is 9.59 Å². The van der Waals surface area contributed by atoms with Gasteiger partial charge in [0.15, 0.2) is 0 Å². The van der Waals surface area contributed by atoms with Crippen molar-refractivity contribution in [1.82, 2.24) is 24.9 Å². The minimum atomic E-state index is -0.459. The SMILES string of the molecule is O=c1oc2cnc[c-]c2c2ncc(CCc3cc(CCc4cnc5c(c4)c(=O)oc4cnc[c-]c45)cc(-c4ccccc4-c4cnc(-c5[c-]cccc5)cc4-c4ccc(-c5ccccc5)cc4)c3)cc12.[Ir+3]. The summed E-state index contributed by atoms with van der Waals surface area (Å²) in [6, 6.07) is 57.7. The molecule has 0 atom stereocenters. The molecule has 5 aromatic carbocycles. The van der Waals surface area contributed by atoms with Crippen LogP contribution >= 0.6 is 0 Å². The summed E-state index contributed by atoms with van der Waals surface area (Å²) in [6.45, 7) is 0. The monoisotopic (exact) mass is 1100 g/mol. The summed E-state index contributed by atoms with van der Waals surface area (Å²) in [5.41, 5.74) is 15.2. The van der Waals surface area contributed by atoms with E-state index >= 15 is 0 Å². The topological polar surface area (TPSA) is 125 Å². The van der Waals surface area contributed by atoms with Gasteiger partial charge in [-0.05, 0) is 116 Å². The standard InChI is InChI=1S/C61H38N5O4.Ir/c67-60-52-30-40(33-65-58(52)49-23-25-62-36-56(49)69-60)17-15-38-27-39(16-18-41-31-53-59(66-34-41)50-24-26-63-37-57(50)70-61(53)68)29-46(28-38)47-13-7-8-14-48(47)54-35-64-55(45-11-5-2-6-12-45)32-51(54)44-21-19-43(20-22-44)42-9-3-1-4-10-42;/h1-11,13-14,19-22,25-37H,15-18H2;/q-3;+3. The Morgan fingerprint density at radius 1 is 0.423 bits per heavy atom. The third-order valence-electron chi connectivity index (χ3n) is 12.8. The minimum Gasteiger partial charge on any atom is -0.485 e. The normalized spacial score (nSPS) is 11.3. The van der Waals surface area contributed by atoms with Crippen molar-refractivity contribution in [2.24, 2.45) is 0 Å². The first-order valence-corrected chi connectivity index (χ1v) is 23.0. The first kappa shape index (κ1) is 44.9. The van der Waals surface area contributed by atoms with Crippen molar-refractivity contribution in [3.63, 3.8) is 0 Å². The minimum absolute atomic E-state index is 0. The van der Waals surface area contributed by atoms with Crippen molar-refractivity contribution in [2.75, 3.05) is 0 Å². The Morgan fingerprint density at radius 2 is 0.972 bits per heavy atom. The number of benzene rings is 5. The number of aromatic nitrogens is 5. The van der Waals surface area contributed by atoms with Gasteiger partial charge in [0, 0.05) is 58.5 Å². The third-order valence-corrected chi connectivity index (χ3v) is 12.8. The maximum atomic E-state index is 13.1. The van der Waals surface area contributed by atoms with Crippen molar-refractivity contribution in [1.29, 1.82) is 0 Å². The molecule has 0 N–H and O–H groups in total. The summed E-state index contributed by atoms with van der Waals surface area (Å²) in [6.07, 6.45) is 14.4. The zero-order chi connectivity index (χ0) is 47.0. The summed E-state index contributed by atoms with van der Waals surface area (Å²) >= 11 is 0. The van der Waals surface area contributed by atoms with E-state index in [1.807, 2.05) is 61.1 Å². The molecule has 12 aromatic rings. The molecule has 0 radical (unpaired) electrons. The van der Waals surface area contributed by atoms with Crippen LogP contribution in [0.1, 0.15) is 22.3 Å². The van der Waals surface area contributed by atoms with E-state index in [1.54, 1.807) is 12.4 Å². The fourth-order valence-corrected chi connectivity index (χ4v) is 9.35. The van der Waals surface area contributed by atoms with Crippen LogP contribution in [-0.2, 0) is 45.8 Å². The predicted octanol–water partition coefficient (Wildman–Crippen LogP) is 12.5. The van der Waals surface area contributed by atoms with E-state index in [0.717, 1.165) is 78.0 Å². The Balaban J connectivity index is 0.00000547. The number of nitrogens with zero attached hydrogens (tertiary/aromatic N) is 5. The molecule has 71 heavy (non-hydrogen) atoms. The van der Waals surface area contributed by atoms with Gasteiger partial charge in [-0.2, -0.15) is 12.1 Å². The average molecular weight is 1100 g/mol. The van der Waals surface area contributed by atoms with Crippen LogP contribution in [-0.4, -0.2) is 24.9 Å². The molecule has 0 bridgehead atoms. The number of hydrogen-bond acceptors (Lipinski definition) is 9.